The van der Waals surface area contributed by atoms with E-state index in [0.29, 0.717) is 23.3 Å². The Balaban J connectivity index is 1.85. The molecule has 1 aromatic heterocycles. The molecule has 3 rings (SSSR count). The maximum Gasteiger partial charge on any atom is 0.249 e. The van der Waals surface area contributed by atoms with Gasteiger partial charge in [-0.25, -0.2) is 0 Å². The highest BCUT2D eigenvalue weighted by atomic mass is 16.5. The van der Waals surface area contributed by atoms with Crippen molar-refractivity contribution >= 4 is 23.1 Å². The second-order valence-corrected chi connectivity index (χ2v) is 5.94. The summed E-state index contributed by atoms with van der Waals surface area (Å²) >= 11 is 0. The molecule has 0 bridgehead atoms. The molecule has 7 nitrogen and oxygen atoms in total. The van der Waals surface area contributed by atoms with Gasteiger partial charge in [-0.2, -0.15) is 10.1 Å². The van der Waals surface area contributed by atoms with Crippen molar-refractivity contribution in [2.45, 2.75) is 20.3 Å². The molecule has 0 amide bonds. The maximum atomic E-state index is 5.40. The standard InChI is InChI=1S/C20H23N5O2/c1-5-14-8-6-7-13(2)19(14)23-18-12-21-25-20(24-18)22-16-10-9-15(26-3)11-17(16)27-4/h6-12H,5H2,1-4H3,(H2,22,23,24,25). The van der Waals surface area contributed by atoms with Crippen LogP contribution in [0.5, 0.6) is 11.5 Å². The zero-order valence-corrected chi connectivity index (χ0v) is 15.9. The first-order chi connectivity index (χ1) is 13.1. The van der Waals surface area contributed by atoms with Gasteiger partial charge in [-0.1, -0.05) is 25.1 Å². The molecule has 27 heavy (non-hydrogen) atoms. The van der Waals surface area contributed by atoms with Crippen molar-refractivity contribution in [2.24, 2.45) is 0 Å². The van der Waals surface area contributed by atoms with Gasteiger partial charge in [0.05, 0.1) is 26.1 Å². The van der Waals surface area contributed by atoms with E-state index in [4.69, 9.17) is 9.47 Å². The van der Waals surface area contributed by atoms with E-state index < -0.39 is 0 Å². The summed E-state index contributed by atoms with van der Waals surface area (Å²) in [7, 11) is 3.21. The summed E-state index contributed by atoms with van der Waals surface area (Å²) in [5.41, 5.74) is 4.15. The van der Waals surface area contributed by atoms with E-state index in [0.717, 1.165) is 23.4 Å². The number of methoxy groups -OCH3 is 2. The van der Waals surface area contributed by atoms with Crippen molar-refractivity contribution in [1.82, 2.24) is 15.2 Å². The number of hydrogen-bond donors (Lipinski definition) is 2. The molecule has 7 heteroatoms. The first-order valence-electron chi connectivity index (χ1n) is 8.69. The quantitative estimate of drug-likeness (QED) is 0.648. The van der Waals surface area contributed by atoms with Crippen molar-refractivity contribution in [3.63, 3.8) is 0 Å². The summed E-state index contributed by atoms with van der Waals surface area (Å²) in [6.45, 7) is 4.19. The molecule has 140 valence electrons. The van der Waals surface area contributed by atoms with Gasteiger partial charge in [0, 0.05) is 11.8 Å². The lowest BCUT2D eigenvalue weighted by molar-refractivity contribution is 0.395. The van der Waals surface area contributed by atoms with Crippen molar-refractivity contribution < 1.29 is 9.47 Å². The number of nitrogens with one attached hydrogen (secondary N) is 2. The number of aromatic nitrogens is 3. The third-order valence-corrected chi connectivity index (χ3v) is 4.21. The highest BCUT2D eigenvalue weighted by molar-refractivity contribution is 5.67. The summed E-state index contributed by atoms with van der Waals surface area (Å²) < 4.78 is 10.6. The molecule has 0 unspecified atom stereocenters. The second kappa shape index (κ2) is 8.35. The molecule has 0 atom stereocenters. The van der Waals surface area contributed by atoms with Gasteiger partial charge in [-0.3, -0.25) is 0 Å². The minimum atomic E-state index is 0.370. The Morgan fingerprint density at radius 1 is 1.04 bits per heavy atom. The van der Waals surface area contributed by atoms with Gasteiger partial charge in [-0.05, 0) is 36.6 Å². The van der Waals surface area contributed by atoms with Gasteiger partial charge in [0.2, 0.25) is 5.95 Å². The Labute approximate surface area is 158 Å². The van der Waals surface area contributed by atoms with E-state index in [1.165, 1.54) is 5.56 Å². The van der Waals surface area contributed by atoms with Crippen LogP contribution >= 0.6 is 0 Å². The molecule has 0 spiro atoms. The van der Waals surface area contributed by atoms with Gasteiger partial charge < -0.3 is 20.1 Å². The summed E-state index contributed by atoms with van der Waals surface area (Å²) in [5, 5.41) is 14.6. The van der Waals surface area contributed by atoms with Gasteiger partial charge in [0.1, 0.15) is 11.5 Å². The topological polar surface area (TPSA) is 81.2 Å². The third kappa shape index (κ3) is 4.25. The van der Waals surface area contributed by atoms with E-state index in [2.05, 4.69) is 57.9 Å². The number of benzene rings is 2. The predicted octanol–water partition coefficient (Wildman–Crippen LogP) is 4.25. The Hall–Kier alpha value is -3.35. The number of aryl methyl sites for hydroxylation is 2. The number of para-hydroxylation sites is 1. The molecule has 0 saturated heterocycles. The molecular formula is C20H23N5O2. The summed E-state index contributed by atoms with van der Waals surface area (Å²) in [5.74, 6) is 2.32. The van der Waals surface area contributed by atoms with Crippen LogP contribution in [-0.4, -0.2) is 29.4 Å². The van der Waals surface area contributed by atoms with Crippen LogP contribution in [0.15, 0.2) is 42.6 Å². The largest absolute Gasteiger partial charge is 0.497 e. The number of nitrogens with zero attached hydrogens (tertiary/aromatic N) is 3. The van der Waals surface area contributed by atoms with Crippen LogP contribution in [0.1, 0.15) is 18.1 Å². The predicted molar refractivity (Wildman–Crippen MR) is 106 cm³/mol. The SMILES string of the molecule is CCc1cccc(C)c1Nc1cnnc(Nc2ccc(OC)cc2OC)n1. The number of anilines is 4. The smallest absolute Gasteiger partial charge is 0.249 e. The van der Waals surface area contributed by atoms with Crippen molar-refractivity contribution in [3.05, 3.63) is 53.7 Å². The number of ether oxygens (including phenoxy) is 2. The summed E-state index contributed by atoms with van der Waals surface area (Å²) in [4.78, 5) is 4.52. The fraction of sp³-hybridized carbons (Fsp3) is 0.250. The zero-order valence-electron chi connectivity index (χ0n) is 15.9. The first kappa shape index (κ1) is 18.4. The monoisotopic (exact) mass is 365 g/mol. The van der Waals surface area contributed by atoms with E-state index >= 15 is 0 Å². The van der Waals surface area contributed by atoms with Gasteiger partial charge in [0.25, 0.3) is 0 Å². The lowest BCUT2D eigenvalue weighted by Gasteiger charge is -2.14. The lowest BCUT2D eigenvalue weighted by Crippen LogP contribution is -2.05. The van der Waals surface area contributed by atoms with Crippen LogP contribution in [0, 0.1) is 6.92 Å². The molecule has 0 aliphatic rings. The molecule has 2 N–H and O–H groups in total. The molecule has 0 aliphatic carbocycles. The lowest BCUT2D eigenvalue weighted by atomic mass is 10.1. The van der Waals surface area contributed by atoms with Crippen molar-refractivity contribution in [3.8, 4) is 11.5 Å². The number of hydrogen-bond acceptors (Lipinski definition) is 7. The number of rotatable bonds is 7. The molecule has 3 aromatic rings. The van der Waals surface area contributed by atoms with Crippen LogP contribution < -0.4 is 20.1 Å². The van der Waals surface area contributed by atoms with Crippen LogP contribution in [0.25, 0.3) is 0 Å². The van der Waals surface area contributed by atoms with Crippen LogP contribution in [0.4, 0.5) is 23.1 Å². The van der Waals surface area contributed by atoms with Gasteiger partial charge in [-0.15, -0.1) is 5.10 Å². The molecule has 0 saturated carbocycles. The zero-order chi connectivity index (χ0) is 19.2. The van der Waals surface area contributed by atoms with Crippen LogP contribution in [0.3, 0.4) is 0 Å². The Morgan fingerprint density at radius 3 is 2.63 bits per heavy atom. The Kier molecular flexibility index (Phi) is 5.71. The molecule has 0 radical (unpaired) electrons. The maximum absolute atomic E-state index is 5.40. The fourth-order valence-corrected chi connectivity index (χ4v) is 2.77. The van der Waals surface area contributed by atoms with E-state index in [1.54, 1.807) is 26.5 Å². The molecule has 1 heterocycles. The van der Waals surface area contributed by atoms with Gasteiger partial charge in [0.15, 0.2) is 5.82 Å². The van der Waals surface area contributed by atoms with E-state index in [1.807, 2.05) is 12.1 Å². The van der Waals surface area contributed by atoms with Crippen molar-refractivity contribution in [2.75, 3.05) is 24.9 Å². The summed E-state index contributed by atoms with van der Waals surface area (Å²) in [6.07, 6.45) is 2.53. The Morgan fingerprint density at radius 2 is 1.89 bits per heavy atom. The molecule has 0 fully saturated rings. The third-order valence-electron chi connectivity index (χ3n) is 4.21. The van der Waals surface area contributed by atoms with E-state index in [-0.39, 0.29) is 0 Å². The first-order valence-corrected chi connectivity index (χ1v) is 8.69. The van der Waals surface area contributed by atoms with E-state index in [9.17, 15) is 0 Å². The van der Waals surface area contributed by atoms with Crippen molar-refractivity contribution in [1.29, 1.82) is 0 Å². The highest BCUT2D eigenvalue weighted by Gasteiger charge is 2.10. The second-order valence-electron chi connectivity index (χ2n) is 5.94. The fourth-order valence-electron chi connectivity index (χ4n) is 2.77. The average molecular weight is 365 g/mol. The van der Waals surface area contributed by atoms with Crippen LogP contribution in [0.2, 0.25) is 0 Å². The average Bonchev–Trinajstić information content (AvgIpc) is 2.70. The van der Waals surface area contributed by atoms with Crippen LogP contribution in [-0.2, 0) is 6.42 Å². The molecule has 0 aliphatic heterocycles. The minimum absolute atomic E-state index is 0.370. The van der Waals surface area contributed by atoms with Gasteiger partial charge >= 0.3 is 0 Å². The minimum Gasteiger partial charge on any atom is -0.497 e. The molecule has 2 aromatic carbocycles. The molecular weight excluding hydrogens is 342 g/mol. The summed E-state index contributed by atoms with van der Waals surface area (Å²) in [6, 6.07) is 11.7. The Bertz CT molecular complexity index is 930. The normalized spacial score (nSPS) is 10.4. The highest BCUT2D eigenvalue weighted by Crippen LogP contribution is 2.31.